The fourth-order valence-electron chi connectivity index (χ4n) is 2.10. The highest BCUT2D eigenvalue weighted by atomic mass is 79.9. The van der Waals surface area contributed by atoms with E-state index in [2.05, 4.69) is 21.2 Å². The first-order valence-electron chi connectivity index (χ1n) is 7.90. The number of nitrogens with one attached hydrogen (secondary N) is 1. The Hall–Kier alpha value is -2.34. The van der Waals surface area contributed by atoms with E-state index in [0.717, 1.165) is 10.0 Å². The van der Waals surface area contributed by atoms with Crippen molar-refractivity contribution in [2.24, 2.45) is 0 Å². The molecule has 1 atom stereocenters. The van der Waals surface area contributed by atoms with Crippen LogP contribution >= 0.6 is 15.9 Å². The number of carbonyl (C=O) groups excluding carboxylic acids is 2. The van der Waals surface area contributed by atoms with Gasteiger partial charge in [0.1, 0.15) is 5.75 Å². The van der Waals surface area contributed by atoms with Crippen molar-refractivity contribution in [1.82, 2.24) is 5.32 Å². The molecule has 1 amide bonds. The summed E-state index contributed by atoms with van der Waals surface area (Å²) in [5.41, 5.74) is 1.14. The lowest BCUT2D eigenvalue weighted by Gasteiger charge is -2.13. The second-order valence-corrected chi connectivity index (χ2v) is 6.44. The van der Waals surface area contributed by atoms with Gasteiger partial charge in [-0.1, -0.05) is 59.3 Å². The van der Waals surface area contributed by atoms with Crippen molar-refractivity contribution in [2.45, 2.75) is 12.8 Å². The average molecular weight is 406 g/mol. The molecule has 0 saturated carbocycles. The second-order valence-electron chi connectivity index (χ2n) is 5.52. The van der Waals surface area contributed by atoms with Crippen molar-refractivity contribution in [1.29, 1.82) is 0 Å². The molecular weight excluding hydrogens is 386 g/mol. The van der Waals surface area contributed by atoms with Crippen molar-refractivity contribution in [3.8, 4) is 5.75 Å². The van der Waals surface area contributed by atoms with E-state index in [-0.39, 0.29) is 25.0 Å². The maximum atomic E-state index is 11.8. The van der Waals surface area contributed by atoms with Gasteiger partial charge in [0.2, 0.25) is 0 Å². The summed E-state index contributed by atoms with van der Waals surface area (Å²) in [7, 11) is 0. The van der Waals surface area contributed by atoms with Crippen LogP contribution in [0.25, 0.3) is 0 Å². The number of halogens is 1. The lowest BCUT2D eigenvalue weighted by molar-refractivity contribution is -0.150. The Morgan fingerprint density at radius 3 is 2.56 bits per heavy atom. The number of hydrogen-bond acceptors (Lipinski definition) is 4. The van der Waals surface area contributed by atoms with E-state index in [1.807, 2.05) is 43.3 Å². The smallest absolute Gasteiger partial charge is 0.344 e. The molecule has 0 saturated heterocycles. The summed E-state index contributed by atoms with van der Waals surface area (Å²) in [4.78, 5) is 23.4. The van der Waals surface area contributed by atoms with E-state index in [1.54, 1.807) is 18.2 Å². The van der Waals surface area contributed by atoms with Crippen molar-refractivity contribution < 1.29 is 19.1 Å². The van der Waals surface area contributed by atoms with E-state index in [1.165, 1.54) is 0 Å². The van der Waals surface area contributed by atoms with Crippen molar-refractivity contribution >= 4 is 27.8 Å². The molecule has 2 aromatic carbocycles. The first-order valence-corrected chi connectivity index (χ1v) is 8.69. The van der Waals surface area contributed by atoms with Crippen LogP contribution in [-0.2, 0) is 14.3 Å². The Morgan fingerprint density at radius 1 is 1.08 bits per heavy atom. The van der Waals surface area contributed by atoms with Gasteiger partial charge in [-0.3, -0.25) is 4.79 Å². The normalized spacial score (nSPS) is 11.4. The van der Waals surface area contributed by atoms with Gasteiger partial charge >= 0.3 is 5.97 Å². The zero-order valence-electron chi connectivity index (χ0n) is 13.9. The molecule has 0 aromatic heterocycles. The summed E-state index contributed by atoms with van der Waals surface area (Å²) < 4.78 is 11.1. The Morgan fingerprint density at radius 2 is 1.84 bits per heavy atom. The highest BCUT2D eigenvalue weighted by Crippen LogP contribution is 2.17. The lowest BCUT2D eigenvalue weighted by atomic mass is 10.0. The minimum atomic E-state index is -0.591. The predicted molar refractivity (Wildman–Crippen MR) is 98.5 cm³/mol. The third-order valence-corrected chi connectivity index (χ3v) is 3.98. The highest BCUT2D eigenvalue weighted by molar-refractivity contribution is 9.10. The molecule has 132 valence electrons. The Balaban J connectivity index is 1.65. The van der Waals surface area contributed by atoms with Gasteiger partial charge in [-0.2, -0.15) is 0 Å². The quantitative estimate of drug-likeness (QED) is 0.684. The Labute approximate surface area is 155 Å². The first kappa shape index (κ1) is 19.0. The van der Waals surface area contributed by atoms with E-state index in [4.69, 9.17) is 9.47 Å². The fraction of sp³-hybridized carbons (Fsp3) is 0.263. The van der Waals surface area contributed by atoms with Gasteiger partial charge in [0, 0.05) is 11.0 Å². The summed E-state index contributed by atoms with van der Waals surface area (Å²) >= 11 is 3.32. The topological polar surface area (TPSA) is 64.6 Å². The van der Waals surface area contributed by atoms with Crippen molar-refractivity contribution in [2.75, 3.05) is 19.8 Å². The molecule has 6 heteroatoms. The number of rotatable bonds is 8. The van der Waals surface area contributed by atoms with E-state index >= 15 is 0 Å². The van der Waals surface area contributed by atoms with Gasteiger partial charge in [0.25, 0.3) is 5.91 Å². The number of hydrogen-bond donors (Lipinski definition) is 1. The predicted octanol–water partition coefficient (Wildman–Crippen LogP) is 3.29. The second kappa shape index (κ2) is 9.84. The molecule has 0 aliphatic carbocycles. The third-order valence-electron chi connectivity index (χ3n) is 3.49. The first-order chi connectivity index (χ1) is 12.0. The summed E-state index contributed by atoms with van der Waals surface area (Å²) in [6, 6.07) is 17.0. The molecule has 2 rings (SSSR count). The lowest BCUT2D eigenvalue weighted by Crippen LogP contribution is -2.32. The monoisotopic (exact) mass is 405 g/mol. The largest absolute Gasteiger partial charge is 0.482 e. The fourth-order valence-corrected chi connectivity index (χ4v) is 2.48. The maximum absolute atomic E-state index is 11.8. The molecular formula is C19H20BrNO4. The Kier molecular flexibility index (Phi) is 7.47. The van der Waals surface area contributed by atoms with Gasteiger partial charge in [0.05, 0.1) is 0 Å². The van der Waals surface area contributed by atoms with E-state index < -0.39 is 5.97 Å². The molecule has 0 aliphatic heterocycles. The van der Waals surface area contributed by atoms with Gasteiger partial charge in [-0.05, 0) is 29.7 Å². The molecule has 2 aromatic rings. The minimum Gasteiger partial charge on any atom is -0.482 e. The average Bonchev–Trinajstić information content (AvgIpc) is 2.63. The number of carbonyl (C=O) groups is 2. The number of benzene rings is 2. The van der Waals surface area contributed by atoms with Crippen LogP contribution in [0.5, 0.6) is 5.75 Å². The van der Waals surface area contributed by atoms with E-state index in [0.29, 0.717) is 12.3 Å². The SMILES string of the molecule is C[C@@H](CNC(=O)COC(=O)COc1cccc(Br)c1)c1ccccc1. The van der Waals surface area contributed by atoms with Crippen LogP contribution < -0.4 is 10.1 Å². The maximum Gasteiger partial charge on any atom is 0.344 e. The Bertz CT molecular complexity index is 706. The number of ether oxygens (including phenoxy) is 2. The van der Waals surface area contributed by atoms with Gasteiger partial charge in [-0.15, -0.1) is 0 Å². The third kappa shape index (κ3) is 6.97. The summed E-state index contributed by atoms with van der Waals surface area (Å²) in [5.74, 6) is -0.196. The van der Waals surface area contributed by atoms with Crippen LogP contribution in [0.15, 0.2) is 59.1 Å². The molecule has 25 heavy (non-hydrogen) atoms. The zero-order valence-corrected chi connectivity index (χ0v) is 15.5. The minimum absolute atomic E-state index is 0.181. The molecule has 0 unspecified atom stereocenters. The van der Waals surface area contributed by atoms with Gasteiger partial charge in [0.15, 0.2) is 13.2 Å². The van der Waals surface area contributed by atoms with E-state index in [9.17, 15) is 9.59 Å². The molecule has 0 aliphatic rings. The highest BCUT2D eigenvalue weighted by Gasteiger charge is 2.10. The number of esters is 1. The van der Waals surface area contributed by atoms with Crippen LogP contribution in [0.1, 0.15) is 18.4 Å². The standard InChI is InChI=1S/C19H20BrNO4/c1-14(15-6-3-2-4-7-15)11-21-18(22)12-25-19(23)13-24-17-9-5-8-16(20)10-17/h2-10,14H,11-13H2,1H3,(H,21,22)/t14-/m0/s1. The van der Waals surface area contributed by atoms with Crippen LogP contribution in [0, 0.1) is 0 Å². The van der Waals surface area contributed by atoms with Crippen LogP contribution in [0.3, 0.4) is 0 Å². The molecule has 0 heterocycles. The van der Waals surface area contributed by atoms with Crippen LogP contribution in [0.2, 0.25) is 0 Å². The van der Waals surface area contributed by atoms with Crippen molar-refractivity contribution in [3.05, 3.63) is 64.6 Å². The molecule has 0 spiro atoms. The molecule has 1 N–H and O–H groups in total. The summed E-state index contributed by atoms with van der Waals surface area (Å²) in [5, 5.41) is 2.75. The number of amides is 1. The zero-order chi connectivity index (χ0) is 18.1. The summed E-state index contributed by atoms with van der Waals surface area (Å²) in [6.07, 6.45) is 0. The van der Waals surface area contributed by atoms with Crippen molar-refractivity contribution in [3.63, 3.8) is 0 Å². The van der Waals surface area contributed by atoms with Crippen LogP contribution in [0.4, 0.5) is 0 Å². The molecule has 0 radical (unpaired) electrons. The summed E-state index contributed by atoms with van der Waals surface area (Å²) in [6.45, 7) is 1.94. The molecule has 0 fully saturated rings. The van der Waals surface area contributed by atoms with Gasteiger partial charge < -0.3 is 14.8 Å². The van der Waals surface area contributed by atoms with Gasteiger partial charge in [-0.25, -0.2) is 4.79 Å². The van der Waals surface area contributed by atoms with Crippen LogP contribution in [-0.4, -0.2) is 31.6 Å². The molecule has 0 bridgehead atoms. The molecule has 5 nitrogen and oxygen atoms in total.